The van der Waals surface area contributed by atoms with E-state index in [1.54, 1.807) is 18.2 Å². The summed E-state index contributed by atoms with van der Waals surface area (Å²) in [6, 6.07) is 4.82. The molecule has 23 heavy (non-hydrogen) atoms. The maximum absolute atomic E-state index is 12.2. The summed E-state index contributed by atoms with van der Waals surface area (Å²) in [6.07, 6.45) is 1.54. The molecule has 6 nitrogen and oxygen atoms in total. The van der Waals surface area contributed by atoms with Gasteiger partial charge in [-0.3, -0.25) is 4.79 Å². The fourth-order valence-corrected chi connectivity index (χ4v) is 3.21. The minimum absolute atomic E-state index is 0.141. The maximum atomic E-state index is 12.2. The third-order valence-electron chi connectivity index (χ3n) is 3.59. The van der Waals surface area contributed by atoms with Crippen LogP contribution in [-0.2, 0) is 4.79 Å². The Hall–Kier alpha value is -2.18. The first-order valence-corrected chi connectivity index (χ1v) is 7.54. The van der Waals surface area contributed by atoms with Crippen molar-refractivity contribution in [3.8, 4) is 0 Å². The molecule has 8 heteroatoms. The number of halogens is 2. The third kappa shape index (κ3) is 3.13. The second-order valence-electron chi connectivity index (χ2n) is 5.12. The number of carbonyl (C=O) groups excluding carboxylic acids is 1. The lowest BCUT2D eigenvalue weighted by Crippen LogP contribution is -2.41. The lowest BCUT2D eigenvalue weighted by molar-refractivity contribution is -0.138. The molecule has 0 aliphatic carbocycles. The molecule has 1 aliphatic rings. The van der Waals surface area contributed by atoms with E-state index in [2.05, 4.69) is 10.6 Å². The second-order valence-corrected chi connectivity index (χ2v) is 5.97. The van der Waals surface area contributed by atoms with Crippen molar-refractivity contribution >= 4 is 40.8 Å². The average Bonchev–Trinajstić information content (AvgIpc) is 3.00. The highest BCUT2D eigenvalue weighted by Crippen LogP contribution is 2.39. The summed E-state index contributed by atoms with van der Waals surface area (Å²) in [5.74, 6) is -1.32. The molecule has 1 aromatic carbocycles. The van der Waals surface area contributed by atoms with Gasteiger partial charge in [-0.05, 0) is 24.3 Å². The van der Waals surface area contributed by atoms with Crippen molar-refractivity contribution in [3.63, 3.8) is 0 Å². The summed E-state index contributed by atoms with van der Waals surface area (Å²) < 4.78 is 5.05. The number of carboxylic acids is 1. The predicted molar refractivity (Wildman–Crippen MR) is 85.0 cm³/mol. The third-order valence-corrected chi connectivity index (χ3v) is 4.12. The molecule has 0 radical (unpaired) electrons. The molecule has 0 spiro atoms. The van der Waals surface area contributed by atoms with Crippen LogP contribution in [0.1, 0.15) is 28.6 Å². The van der Waals surface area contributed by atoms with Gasteiger partial charge in [0.25, 0.3) is 5.91 Å². The monoisotopic (exact) mass is 354 g/mol. The van der Waals surface area contributed by atoms with Gasteiger partial charge in [-0.2, -0.15) is 0 Å². The van der Waals surface area contributed by atoms with Crippen LogP contribution in [0, 0.1) is 0 Å². The van der Waals surface area contributed by atoms with Crippen molar-refractivity contribution in [2.75, 3.05) is 5.32 Å². The Bertz CT molecular complexity index is 761. The first-order valence-electron chi connectivity index (χ1n) is 6.78. The minimum Gasteiger partial charge on any atom is -0.480 e. The fraction of sp³-hybridized carbons (Fsp3) is 0.200. The number of furan rings is 1. The number of carboxylic acid groups (broad SMARTS) is 1. The molecule has 2 aromatic rings. The van der Waals surface area contributed by atoms with Crippen molar-refractivity contribution < 1.29 is 19.1 Å². The highest BCUT2D eigenvalue weighted by Gasteiger charge is 2.33. The van der Waals surface area contributed by atoms with E-state index in [9.17, 15) is 14.7 Å². The van der Waals surface area contributed by atoms with Crippen LogP contribution in [0.3, 0.4) is 0 Å². The Morgan fingerprint density at radius 3 is 2.78 bits per heavy atom. The highest BCUT2D eigenvalue weighted by atomic mass is 35.5. The molecule has 2 atom stereocenters. The molecule has 3 N–H and O–H groups in total. The molecule has 2 heterocycles. The summed E-state index contributed by atoms with van der Waals surface area (Å²) in [5, 5.41) is 15.6. The van der Waals surface area contributed by atoms with E-state index in [1.165, 1.54) is 12.3 Å². The molecule has 0 saturated carbocycles. The van der Waals surface area contributed by atoms with E-state index in [4.69, 9.17) is 27.6 Å². The van der Waals surface area contributed by atoms with Gasteiger partial charge in [0.15, 0.2) is 5.76 Å². The van der Waals surface area contributed by atoms with Crippen LogP contribution < -0.4 is 10.6 Å². The Kier molecular flexibility index (Phi) is 4.19. The maximum Gasteiger partial charge on any atom is 0.326 e. The molecular formula is C15H12Cl2N2O4. The number of carbonyl (C=O) groups is 2. The first kappa shape index (κ1) is 15.7. The van der Waals surface area contributed by atoms with Crippen LogP contribution >= 0.6 is 23.2 Å². The fourth-order valence-electron chi connectivity index (χ4n) is 2.59. The lowest BCUT2D eigenvalue weighted by atomic mass is 9.92. The minimum atomic E-state index is -1.02. The number of amides is 1. The van der Waals surface area contributed by atoms with Gasteiger partial charge in [0.2, 0.25) is 0 Å². The molecule has 1 aromatic heterocycles. The Balaban J connectivity index is 1.96. The van der Waals surface area contributed by atoms with Crippen LogP contribution in [-0.4, -0.2) is 23.0 Å². The Morgan fingerprint density at radius 2 is 2.13 bits per heavy atom. The van der Waals surface area contributed by atoms with E-state index in [0.717, 1.165) is 0 Å². The van der Waals surface area contributed by atoms with Gasteiger partial charge in [0, 0.05) is 27.7 Å². The number of aliphatic carboxylic acids is 1. The van der Waals surface area contributed by atoms with Crippen LogP contribution in [0.15, 0.2) is 34.9 Å². The quantitative estimate of drug-likeness (QED) is 0.786. The SMILES string of the molecule is O=C(N[C@H]1C[C@H](C(=O)O)Nc2cc(Cl)cc(Cl)c21)c1ccco1. The van der Waals surface area contributed by atoms with Crippen molar-refractivity contribution in [1.82, 2.24) is 5.32 Å². The van der Waals surface area contributed by atoms with Crippen LogP contribution in [0.25, 0.3) is 0 Å². The summed E-state index contributed by atoms with van der Waals surface area (Å²) in [7, 11) is 0. The number of rotatable bonds is 3. The molecule has 0 bridgehead atoms. The van der Waals surface area contributed by atoms with Crippen molar-refractivity contribution in [3.05, 3.63) is 51.9 Å². The lowest BCUT2D eigenvalue weighted by Gasteiger charge is -2.32. The highest BCUT2D eigenvalue weighted by molar-refractivity contribution is 6.35. The Labute approximate surface area is 141 Å². The predicted octanol–water partition coefficient (Wildman–Crippen LogP) is 3.33. The topological polar surface area (TPSA) is 91.6 Å². The Morgan fingerprint density at radius 1 is 1.35 bits per heavy atom. The normalized spacial score (nSPS) is 19.6. The van der Waals surface area contributed by atoms with Crippen molar-refractivity contribution in [2.24, 2.45) is 0 Å². The zero-order chi connectivity index (χ0) is 16.6. The average molecular weight is 355 g/mol. The smallest absolute Gasteiger partial charge is 0.326 e. The summed E-state index contributed by atoms with van der Waals surface area (Å²) in [6.45, 7) is 0. The van der Waals surface area contributed by atoms with Crippen molar-refractivity contribution in [2.45, 2.75) is 18.5 Å². The van der Waals surface area contributed by atoms with E-state index in [-0.39, 0.29) is 12.2 Å². The van der Waals surface area contributed by atoms with Gasteiger partial charge in [-0.15, -0.1) is 0 Å². The zero-order valence-corrected chi connectivity index (χ0v) is 13.2. The van der Waals surface area contributed by atoms with E-state index in [0.29, 0.717) is 21.3 Å². The van der Waals surface area contributed by atoms with E-state index >= 15 is 0 Å². The largest absolute Gasteiger partial charge is 0.480 e. The molecule has 0 fully saturated rings. The molecule has 1 amide bonds. The van der Waals surface area contributed by atoms with Crippen LogP contribution in [0.4, 0.5) is 5.69 Å². The van der Waals surface area contributed by atoms with Crippen LogP contribution in [0.5, 0.6) is 0 Å². The number of benzene rings is 1. The molecule has 120 valence electrons. The second kappa shape index (κ2) is 6.14. The number of hydrogen-bond donors (Lipinski definition) is 3. The van der Waals surface area contributed by atoms with Gasteiger partial charge in [0.1, 0.15) is 6.04 Å². The number of hydrogen-bond acceptors (Lipinski definition) is 4. The molecule has 3 rings (SSSR count). The summed E-state index contributed by atoms with van der Waals surface area (Å²) in [5.41, 5.74) is 1.10. The van der Waals surface area contributed by atoms with Crippen molar-refractivity contribution in [1.29, 1.82) is 0 Å². The zero-order valence-electron chi connectivity index (χ0n) is 11.7. The molecule has 0 saturated heterocycles. The van der Waals surface area contributed by atoms with E-state index in [1.807, 2.05) is 0 Å². The molecule has 0 unspecified atom stereocenters. The summed E-state index contributed by atoms with van der Waals surface area (Å²) in [4.78, 5) is 23.5. The van der Waals surface area contributed by atoms with Gasteiger partial charge < -0.3 is 20.2 Å². The number of fused-ring (bicyclic) bond motifs is 1. The van der Waals surface area contributed by atoms with Gasteiger partial charge >= 0.3 is 5.97 Å². The molecule has 1 aliphatic heterocycles. The van der Waals surface area contributed by atoms with Crippen LogP contribution in [0.2, 0.25) is 10.0 Å². The van der Waals surface area contributed by atoms with E-state index < -0.39 is 24.0 Å². The number of anilines is 1. The van der Waals surface area contributed by atoms with Gasteiger partial charge in [0.05, 0.1) is 12.3 Å². The summed E-state index contributed by atoms with van der Waals surface area (Å²) >= 11 is 12.2. The van der Waals surface area contributed by atoms with Gasteiger partial charge in [-0.25, -0.2) is 4.79 Å². The first-order chi connectivity index (χ1) is 11.0. The number of nitrogens with one attached hydrogen (secondary N) is 2. The van der Waals surface area contributed by atoms with Gasteiger partial charge in [-0.1, -0.05) is 23.2 Å². The standard InChI is InChI=1S/C15H12Cl2N2O4/c16-7-4-8(17)13-9(5-7)18-11(15(21)22)6-10(13)19-14(20)12-2-1-3-23-12/h1-5,10-11,18H,6H2,(H,19,20)(H,21,22)/t10-,11+/m0/s1. The molecular weight excluding hydrogens is 343 g/mol.